The molecule has 0 aromatic heterocycles. The first kappa shape index (κ1) is 10.4. The van der Waals surface area contributed by atoms with Crippen molar-refractivity contribution in [3.05, 3.63) is 0 Å². The zero-order valence-electron chi connectivity index (χ0n) is 9.63. The van der Waals surface area contributed by atoms with Gasteiger partial charge >= 0.3 is 0 Å². The molecule has 14 heavy (non-hydrogen) atoms. The van der Waals surface area contributed by atoms with Gasteiger partial charge in [-0.15, -0.1) is 0 Å². The minimum atomic E-state index is 0.745. The summed E-state index contributed by atoms with van der Waals surface area (Å²) in [6.07, 6.45) is 9.94. The van der Waals surface area contributed by atoms with Crippen LogP contribution in [-0.4, -0.2) is 37.1 Å². The average Bonchev–Trinajstić information content (AvgIpc) is 2.15. The molecular weight excluding hydrogens is 172 g/mol. The first-order valence-electron chi connectivity index (χ1n) is 6.22. The Labute approximate surface area is 88.1 Å². The van der Waals surface area contributed by atoms with Crippen LogP contribution >= 0.6 is 0 Å². The second-order valence-corrected chi connectivity index (χ2v) is 5.00. The largest absolute Gasteiger partial charge is 0.315 e. The molecule has 0 aromatic rings. The molecule has 2 fully saturated rings. The van der Waals surface area contributed by atoms with Crippen molar-refractivity contribution in [2.24, 2.45) is 0 Å². The highest BCUT2D eigenvalue weighted by atomic mass is 15.2. The lowest BCUT2D eigenvalue weighted by Crippen LogP contribution is -2.54. The highest BCUT2D eigenvalue weighted by Crippen LogP contribution is 2.30. The van der Waals surface area contributed by atoms with Gasteiger partial charge in [0.1, 0.15) is 0 Å². The summed E-state index contributed by atoms with van der Waals surface area (Å²) >= 11 is 0. The zero-order valence-corrected chi connectivity index (χ0v) is 9.63. The lowest BCUT2D eigenvalue weighted by Gasteiger charge is -2.45. The molecule has 82 valence electrons. The molecule has 2 atom stereocenters. The molecule has 2 aliphatic rings. The lowest BCUT2D eigenvalue weighted by molar-refractivity contribution is 0.0686. The predicted octanol–water partition coefficient (Wildman–Crippen LogP) is 2.00. The fourth-order valence-corrected chi connectivity index (χ4v) is 3.00. The maximum absolute atomic E-state index is 3.50. The minimum absolute atomic E-state index is 0.745. The third-order valence-corrected chi connectivity index (χ3v) is 4.27. The number of likely N-dealkylation sites (N-methyl/N-ethyl adjacent to an activating group) is 2. The number of nitrogens with zero attached hydrogens (tertiary/aromatic N) is 1. The summed E-state index contributed by atoms with van der Waals surface area (Å²) < 4.78 is 0. The molecule has 2 unspecified atom stereocenters. The highest BCUT2D eigenvalue weighted by Gasteiger charge is 2.32. The zero-order chi connectivity index (χ0) is 9.97. The van der Waals surface area contributed by atoms with Gasteiger partial charge in [0.05, 0.1) is 0 Å². The van der Waals surface area contributed by atoms with Gasteiger partial charge in [-0.25, -0.2) is 0 Å². The number of hydrogen-bond donors (Lipinski definition) is 1. The maximum atomic E-state index is 3.50. The van der Waals surface area contributed by atoms with Crippen molar-refractivity contribution < 1.29 is 0 Å². The van der Waals surface area contributed by atoms with Gasteiger partial charge in [0, 0.05) is 18.1 Å². The monoisotopic (exact) mass is 196 g/mol. The Kier molecular flexibility index (Phi) is 3.45. The average molecular weight is 196 g/mol. The molecule has 2 aliphatic carbocycles. The summed E-state index contributed by atoms with van der Waals surface area (Å²) in [5, 5.41) is 3.50. The van der Waals surface area contributed by atoms with E-state index in [0.29, 0.717) is 0 Å². The van der Waals surface area contributed by atoms with E-state index >= 15 is 0 Å². The van der Waals surface area contributed by atoms with Crippen molar-refractivity contribution in [2.75, 3.05) is 14.1 Å². The van der Waals surface area contributed by atoms with Gasteiger partial charge < -0.3 is 5.32 Å². The summed E-state index contributed by atoms with van der Waals surface area (Å²) in [5.41, 5.74) is 0. The van der Waals surface area contributed by atoms with Crippen LogP contribution in [0.2, 0.25) is 0 Å². The van der Waals surface area contributed by atoms with Gasteiger partial charge in [-0.05, 0) is 39.8 Å². The van der Waals surface area contributed by atoms with E-state index < -0.39 is 0 Å². The molecular formula is C12H24N2. The van der Waals surface area contributed by atoms with E-state index in [2.05, 4.69) is 24.3 Å². The van der Waals surface area contributed by atoms with Crippen molar-refractivity contribution in [1.29, 1.82) is 0 Å². The lowest BCUT2D eigenvalue weighted by atomic mass is 9.85. The first-order valence-corrected chi connectivity index (χ1v) is 6.22. The Hall–Kier alpha value is -0.0800. The molecule has 0 aliphatic heterocycles. The van der Waals surface area contributed by atoms with E-state index in [4.69, 9.17) is 0 Å². The number of rotatable bonds is 3. The number of hydrogen-bond acceptors (Lipinski definition) is 2. The quantitative estimate of drug-likeness (QED) is 0.743. The summed E-state index contributed by atoms with van der Waals surface area (Å²) in [6, 6.07) is 2.45. The van der Waals surface area contributed by atoms with Crippen LogP contribution in [0.5, 0.6) is 0 Å². The molecule has 0 amide bonds. The van der Waals surface area contributed by atoms with E-state index in [0.717, 1.165) is 18.1 Å². The van der Waals surface area contributed by atoms with E-state index in [-0.39, 0.29) is 0 Å². The van der Waals surface area contributed by atoms with Crippen molar-refractivity contribution in [3.8, 4) is 0 Å². The molecule has 2 rings (SSSR count). The van der Waals surface area contributed by atoms with Gasteiger partial charge in [0.15, 0.2) is 0 Å². The third kappa shape index (κ3) is 1.96. The molecule has 0 heterocycles. The maximum Gasteiger partial charge on any atom is 0.0249 e. The fourth-order valence-electron chi connectivity index (χ4n) is 3.00. The van der Waals surface area contributed by atoms with Crippen LogP contribution in [0, 0.1) is 0 Å². The second-order valence-electron chi connectivity index (χ2n) is 5.00. The van der Waals surface area contributed by atoms with Crippen LogP contribution in [0.4, 0.5) is 0 Å². The first-order chi connectivity index (χ1) is 6.83. The molecule has 1 N–H and O–H groups in total. The van der Waals surface area contributed by atoms with Gasteiger partial charge in [-0.3, -0.25) is 4.90 Å². The third-order valence-electron chi connectivity index (χ3n) is 4.27. The molecule has 2 nitrogen and oxygen atoms in total. The van der Waals surface area contributed by atoms with Gasteiger partial charge in [0.25, 0.3) is 0 Å². The van der Waals surface area contributed by atoms with Gasteiger partial charge in [-0.2, -0.15) is 0 Å². The van der Waals surface area contributed by atoms with Crippen LogP contribution in [-0.2, 0) is 0 Å². The molecule has 2 saturated carbocycles. The van der Waals surface area contributed by atoms with Crippen LogP contribution in [0.3, 0.4) is 0 Å². The van der Waals surface area contributed by atoms with Crippen molar-refractivity contribution in [3.63, 3.8) is 0 Å². The second kappa shape index (κ2) is 4.63. The summed E-state index contributed by atoms with van der Waals surface area (Å²) in [7, 11) is 4.46. The van der Waals surface area contributed by atoms with Crippen LogP contribution in [0.15, 0.2) is 0 Å². The van der Waals surface area contributed by atoms with Crippen LogP contribution < -0.4 is 5.32 Å². The molecule has 0 spiro atoms. The Bertz CT molecular complexity index is 177. The SMILES string of the molecule is CNC1CCCCC1N(C)C1CCC1. The van der Waals surface area contributed by atoms with E-state index in [9.17, 15) is 0 Å². The van der Waals surface area contributed by atoms with E-state index in [1.54, 1.807) is 0 Å². The highest BCUT2D eigenvalue weighted by molar-refractivity contribution is 4.91. The van der Waals surface area contributed by atoms with Crippen molar-refractivity contribution in [1.82, 2.24) is 10.2 Å². The topological polar surface area (TPSA) is 15.3 Å². The summed E-state index contributed by atoms with van der Waals surface area (Å²) in [6.45, 7) is 0. The Morgan fingerprint density at radius 2 is 1.71 bits per heavy atom. The summed E-state index contributed by atoms with van der Waals surface area (Å²) in [4.78, 5) is 2.66. The van der Waals surface area contributed by atoms with E-state index in [1.165, 1.54) is 44.9 Å². The van der Waals surface area contributed by atoms with Gasteiger partial charge in [0.2, 0.25) is 0 Å². The number of nitrogens with one attached hydrogen (secondary N) is 1. The molecule has 0 saturated heterocycles. The van der Waals surface area contributed by atoms with Crippen molar-refractivity contribution >= 4 is 0 Å². The smallest absolute Gasteiger partial charge is 0.0249 e. The fraction of sp³-hybridized carbons (Fsp3) is 1.00. The Morgan fingerprint density at radius 3 is 2.29 bits per heavy atom. The minimum Gasteiger partial charge on any atom is -0.315 e. The predicted molar refractivity (Wildman–Crippen MR) is 60.5 cm³/mol. The van der Waals surface area contributed by atoms with Crippen molar-refractivity contribution in [2.45, 2.75) is 63.1 Å². The normalized spacial score (nSPS) is 34.5. The van der Waals surface area contributed by atoms with Crippen LogP contribution in [0.25, 0.3) is 0 Å². The molecule has 2 heteroatoms. The van der Waals surface area contributed by atoms with Gasteiger partial charge in [-0.1, -0.05) is 19.3 Å². The Balaban J connectivity index is 1.91. The molecule has 0 bridgehead atoms. The standard InChI is InChI=1S/C12H24N2/c1-13-11-8-3-4-9-12(11)14(2)10-6-5-7-10/h10-13H,3-9H2,1-2H3. The van der Waals surface area contributed by atoms with E-state index in [1.807, 2.05) is 0 Å². The molecule has 0 aromatic carbocycles. The Morgan fingerprint density at radius 1 is 1.00 bits per heavy atom. The molecule has 0 radical (unpaired) electrons. The van der Waals surface area contributed by atoms with Crippen LogP contribution in [0.1, 0.15) is 44.9 Å². The summed E-state index contributed by atoms with van der Waals surface area (Å²) in [5.74, 6) is 0.